The molecule has 0 aromatic rings. The van der Waals surface area contributed by atoms with Crippen LogP contribution in [-0.4, -0.2) is 31.2 Å². The summed E-state index contributed by atoms with van der Waals surface area (Å²) in [7, 11) is 0. The Hall–Kier alpha value is -0.710. The van der Waals surface area contributed by atoms with Gasteiger partial charge >= 0.3 is 5.97 Å². The normalized spacial score (nSPS) is 11.8. The second kappa shape index (κ2) is 5.11. The van der Waals surface area contributed by atoms with E-state index in [1.807, 2.05) is 0 Å². The summed E-state index contributed by atoms with van der Waals surface area (Å²) in [5.41, 5.74) is -1.60. The van der Waals surface area contributed by atoms with Crippen LogP contribution in [0.15, 0.2) is 0 Å². The van der Waals surface area contributed by atoms with Gasteiger partial charge in [-0.15, -0.1) is 0 Å². The topological polar surface area (TPSA) is 35.5 Å². The fourth-order valence-electron chi connectivity index (χ4n) is 0.511. The summed E-state index contributed by atoms with van der Waals surface area (Å²) in [6.45, 7) is 3.85. The van der Waals surface area contributed by atoms with E-state index in [2.05, 4.69) is 9.47 Å². The molecule has 0 aliphatic carbocycles. The minimum atomic E-state index is -2.62. The first-order chi connectivity index (χ1) is 5.90. The van der Waals surface area contributed by atoms with E-state index in [0.29, 0.717) is 0 Å². The van der Waals surface area contributed by atoms with Gasteiger partial charge in [0.05, 0.1) is 6.61 Å². The smallest absolute Gasteiger partial charge is 0.332 e. The predicted octanol–water partition coefficient (Wildman–Crippen LogP) is 1.61. The summed E-state index contributed by atoms with van der Waals surface area (Å²) in [6, 6.07) is 0. The largest absolute Gasteiger partial charge is 0.464 e. The highest BCUT2D eigenvalue weighted by atomic mass is 19.3. The monoisotopic (exact) mass is 196 g/mol. The Morgan fingerprint density at radius 2 is 2.00 bits per heavy atom. The molecule has 0 aliphatic rings. The Balaban J connectivity index is 3.81. The minimum Gasteiger partial charge on any atom is -0.464 e. The molecule has 13 heavy (non-hydrogen) atoms. The van der Waals surface area contributed by atoms with Crippen LogP contribution in [0.2, 0.25) is 0 Å². The maximum atomic E-state index is 12.2. The fourth-order valence-corrected chi connectivity index (χ4v) is 0.511. The van der Waals surface area contributed by atoms with Gasteiger partial charge in [-0.2, -0.15) is 0 Å². The molecule has 0 saturated heterocycles. The van der Waals surface area contributed by atoms with Crippen molar-refractivity contribution in [3.8, 4) is 0 Å². The second-order valence-corrected chi connectivity index (χ2v) is 3.00. The second-order valence-electron chi connectivity index (χ2n) is 3.00. The zero-order valence-corrected chi connectivity index (χ0v) is 7.97. The third-order valence-electron chi connectivity index (χ3n) is 1.39. The maximum absolute atomic E-state index is 12.2. The van der Waals surface area contributed by atoms with Crippen molar-refractivity contribution in [3.05, 3.63) is 0 Å². The average molecular weight is 196 g/mol. The van der Waals surface area contributed by atoms with Gasteiger partial charge in [-0.3, -0.25) is 0 Å². The standard InChI is InChI=1S/C8H14F2O3/c1-4-12-6(11)5-13-8(2,3)7(9)10/h7H,4-5H2,1-3H3. The molecule has 0 amide bonds. The van der Waals surface area contributed by atoms with Crippen LogP contribution in [0.25, 0.3) is 0 Å². The van der Waals surface area contributed by atoms with E-state index in [0.717, 1.165) is 0 Å². The zero-order chi connectivity index (χ0) is 10.5. The van der Waals surface area contributed by atoms with E-state index in [4.69, 9.17) is 0 Å². The van der Waals surface area contributed by atoms with Gasteiger partial charge in [0.25, 0.3) is 6.43 Å². The van der Waals surface area contributed by atoms with Crippen molar-refractivity contribution in [1.29, 1.82) is 0 Å². The van der Waals surface area contributed by atoms with Crippen molar-refractivity contribution in [1.82, 2.24) is 0 Å². The number of hydrogen-bond donors (Lipinski definition) is 0. The Morgan fingerprint density at radius 1 is 1.46 bits per heavy atom. The Kier molecular flexibility index (Phi) is 4.83. The molecular formula is C8H14F2O3. The molecule has 0 spiro atoms. The summed E-state index contributed by atoms with van der Waals surface area (Å²) in [5, 5.41) is 0. The molecule has 3 nitrogen and oxygen atoms in total. The average Bonchev–Trinajstić information content (AvgIpc) is 2.01. The molecule has 0 fully saturated rings. The van der Waals surface area contributed by atoms with Gasteiger partial charge < -0.3 is 9.47 Å². The number of rotatable bonds is 5. The lowest BCUT2D eigenvalue weighted by Crippen LogP contribution is -2.35. The van der Waals surface area contributed by atoms with E-state index in [9.17, 15) is 13.6 Å². The summed E-state index contributed by atoms with van der Waals surface area (Å²) in [6.07, 6.45) is -2.62. The Labute approximate surface area is 76.0 Å². The van der Waals surface area contributed by atoms with Crippen molar-refractivity contribution in [3.63, 3.8) is 0 Å². The van der Waals surface area contributed by atoms with Crippen LogP contribution in [0.1, 0.15) is 20.8 Å². The lowest BCUT2D eigenvalue weighted by atomic mass is 10.1. The highest BCUT2D eigenvalue weighted by Gasteiger charge is 2.31. The fraction of sp³-hybridized carbons (Fsp3) is 0.875. The number of hydrogen-bond acceptors (Lipinski definition) is 3. The van der Waals surface area contributed by atoms with E-state index in [1.54, 1.807) is 6.92 Å². The van der Waals surface area contributed by atoms with E-state index in [-0.39, 0.29) is 6.61 Å². The molecule has 78 valence electrons. The van der Waals surface area contributed by atoms with Crippen molar-refractivity contribution in [2.24, 2.45) is 0 Å². The number of carbonyl (C=O) groups excluding carboxylic acids is 1. The number of ether oxygens (including phenoxy) is 2. The van der Waals surface area contributed by atoms with Crippen molar-refractivity contribution < 1.29 is 23.0 Å². The first-order valence-electron chi connectivity index (χ1n) is 3.98. The summed E-state index contributed by atoms with van der Waals surface area (Å²) >= 11 is 0. The van der Waals surface area contributed by atoms with Gasteiger partial charge in [0.15, 0.2) is 0 Å². The third kappa shape index (κ3) is 4.77. The summed E-state index contributed by atoms with van der Waals surface area (Å²) < 4.78 is 33.5. The van der Waals surface area contributed by atoms with Crippen LogP contribution in [0, 0.1) is 0 Å². The van der Waals surface area contributed by atoms with E-state index < -0.39 is 24.6 Å². The molecule has 5 heteroatoms. The van der Waals surface area contributed by atoms with Crippen LogP contribution in [0.3, 0.4) is 0 Å². The van der Waals surface area contributed by atoms with Crippen molar-refractivity contribution >= 4 is 5.97 Å². The quantitative estimate of drug-likeness (QED) is 0.626. The van der Waals surface area contributed by atoms with Crippen molar-refractivity contribution in [2.75, 3.05) is 13.2 Å². The van der Waals surface area contributed by atoms with Gasteiger partial charge in [0, 0.05) is 0 Å². The van der Waals surface area contributed by atoms with Gasteiger partial charge in [-0.25, -0.2) is 13.6 Å². The highest BCUT2D eigenvalue weighted by molar-refractivity contribution is 5.70. The van der Waals surface area contributed by atoms with Gasteiger partial charge in [-0.1, -0.05) is 0 Å². The molecule has 0 radical (unpaired) electrons. The molecule has 0 unspecified atom stereocenters. The van der Waals surface area contributed by atoms with Gasteiger partial charge in [-0.05, 0) is 20.8 Å². The SMILES string of the molecule is CCOC(=O)COC(C)(C)C(F)F. The summed E-state index contributed by atoms with van der Waals surface area (Å²) in [5.74, 6) is -0.628. The van der Waals surface area contributed by atoms with Crippen LogP contribution < -0.4 is 0 Å². The van der Waals surface area contributed by atoms with Gasteiger partial charge in [0.1, 0.15) is 12.2 Å². The molecule has 0 N–H and O–H groups in total. The number of esters is 1. The first-order valence-corrected chi connectivity index (χ1v) is 3.98. The Bertz CT molecular complexity index is 169. The highest BCUT2D eigenvalue weighted by Crippen LogP contribution is 2.18. The molecular weight excluding hydrogens is 182 g/mol. The van der Waals surface area contributed by atoms with Crippen molar-refractivity contribution in [2.45, 2.75) is 32.8 Å². The van der Waals surface area contributed by atoms with Crippen LogP contribution in [0.5, 0.6) is 0 Å². The van der Waals surface area contributed by atoms with Crippen LogP contribution in [0.4, 0.5) is 8.78 Å². The van der Waals surface area contributed by atoms with E-state index >= 15 is 0 Å². The van der Waals surface area contributed by atoms with Crippen LogP contribution in [-0.2, 0) is 14.3 Å². The first kappa shape index (κ1) is 12.3. The lowest BCUT2D eigenvalue weighted by molar-refractivity contribution is -0.164. The molecule has 0 bridgehead atoms. The molecule has 0 aromatic heterocycles. The molecule has 0 aromatic carbocycles. The maximum Gasteiger partial charge on any atom is 0.332 e. The molecule has 0 saturated carbocycles. The third-order valence-corrected chi connectivity index (χ3v) is 1.39. The van der Waals surface area contributed by atoms with E-state index in [1.165, 1.54) is 13.8 Å². The predicted molar refractivity (Wildman–Crippen MR) is 42.7 cm³/mol. The minimum absolute atomic E-state index is 0.220. The van der Waals surface area contributed by atoms with Crippen LogP contribution >= 0.6 is 0 Å². The number of alkyl halides is 2. The zero-order valence-electron chi connectivity index (χ0n) is 7.97. The molecule has 0 aliphatic heterocycles. The summed E-state index contributed by atoms with van der Waals surface area (Å²) in [4.78, 5) is 10.7. The molecule has 0 atom stereocenters. The lowest BCUT2D eigenvalue weighted by Gasteiger charge is -2.23. The number of carbonyl (C=O) groups is 1. The number of halogens is 2. The molecule has 0 heterocycles. The molecule has 0 rings (SSSR count). The Morgan fingerprint density at radius 3 is 2.38 bits per heavy atom. The van der Waals surface area contributed by atoms with Gasteiger partial charge in [0.2, 0.25) is 0 Å².